The number of carbonyl (C=O) groups is 2. The van der Waals surface area contributed by atoms with Crippen molar-refractivity contribution in [3.05, 3.63) is 29.8 Å². The molecule has 1 unspecified atom stereocenters. The second-order valence-corrected chi connectivity index (χ2v) is 4.54. The van der Waals surface area contributed by atoms with Crippen LogP contribution in [0.15, 0.2) is 24.3 Å². The fourth-order valence-electron chi connectivity index (χ4n) is 1.82. The van der Waals surface area contributed by atoms with Gasteiger partial charge in [-0.2, -0.15) is 0 Å². The van der Waals surface area contributed by atoms with Crippen molar-refractivity contribution in [3.63, 3.8) is 0 Å². The minimum Gasteiger partial charge on any atom is -0.481 e. The van der Waals surface area contributed by atoms with Gasteiger partial charge < -0.3 is 15.2 Å². The molecule has 0 saturated carbocycles. The Morgan fingerprint density at radius 3 is 2.68 bits per heavy atom. The number of nitrogens with one attached hydrogen (secondary N) is 1. The number of methoxy groups -OCH3 is 1. The smallest absolute Gasteiger partial charge is 0.307 e. The van der Waals surface area contributed by atoms with Crippen LogP contribution in [0.25, 0.3) is 0 Å². The van der Waals surface area contributed by atoms with Crippen LogP contribution in [0.4, 0.5) is 5.69 Å². The molecule has 0 bridgehead atoms. The Balaban J connectivity index is 2.65. The van der Waals surface area contributed by atoms with Gasteiger partial charge >= 0.3 is 5.97 Å². The maximum atomic E-state index is 11.8. The monoisotopic (exact) mass is 265 g/mol. The van der Waals surface area contributed by atoms with Crippen LogP contribution >= 0.6 is 0 Å². The van der Waals surface area contributed by atoms with Gasteiger partial charge in [0.15, 0.2) is 0 Å². The van der Waals surface area contributed by atoms with Gasteiger partial charge in [-0.05, 0) is 17.5 Å². The number of carboxylic acid groups (broad SMARTS) is 1. The SMILES string of the molecule is COCC(C)CC(=O)Nc1ccccc1CC(=O)O. The predicted molar refractivity (Wildman–Crippen MR) is 72.1 cm³/mol. The Hall–Kier alpha value is -1.88. The number of ether oxygens (including phenoxy) is 1. The first-order chi connectivity index (χ1) is 9.02. The van der Waals surface area contributed by atoms with E-state index < -0.39 is 5.97 Å². The number of amides is 1. The molecule has 0 radical (unpaired) electrons. The Bertz CT molecular complexity index is 445. The number of rotatable bonds is 7. The summed E-state index contributed by atoms with van der Waals surface area (Å²) in [6, 6.07) is 6.92. The molecule has 5 nitrogen and oxygen atoms in total. The van der Waals surface area contributed by atoms with Crippen molar-refractivity contribution in [2.75, 3.05) is 19.0 Å². The normalized spacial score (nSPS) is 11.9. The fourth-order valence-corrected chi connectivity index (χ4v) is 1.82. The molecule has 0 aromatic heterocycles. The van der Waals surface area contributed by atoms with Crippen LogP contribution in [0.2, 0.25) is 0 Å². The molecule has 0 aliphatic heterocycles. The minimum atomic E-state index is -0.922. The number of benzene rings is 1. The first-order valence-electron chi connectivity index (χ1n) is 6.11. The Kier molecular flexibility index (Phi) is 6.02. The van der Waals surface area contributed by atoms with Gasteiger partial charge in [-0.25, -0.2) is 0 Å². The van der Waals surface area contributed by atoms with E-state index in [-0.39, 0.29) is 18.2 Å². The molecule has 1 aromatic carbocycles. The van der Waals surface area contributed by atoms with Crippen molar-refractivity contribution in [1.29, 1.82) is 0 Å². The molecule has 104 valence electrons. The molecule has 0 aliphatic rings. The second kappa shape index (κ2) is 7.53. The Morgan fingerprint density at radius 2 is 2.05 bits per heavy atom. The lowest BCUT2D eigenvalue weighted by Gasteiger charge is -2.12. The summed E-state index contributed by atoms with van der Waals surface area (Å²) in [5.41, 5.74) is 1.15. The molecular weight excluding hydrogens is 246 g/mol. The van der Waals surface area contributed by atoms with Crippen LogP contribution in [0.1, 0.15) is 18.9 Å². The summed E-state index contributed by atoms with van der Waals surface area (Å²) >= 11 is 0. The topological polar surface area (TPSA) is 75.6 Å². The van der Waals surface area contributed by atoms with E-state index in [4.69, 9.17) is 9.84 Å². The third-order valence-electron chi connectivity index (χ3n) is 2.62. The van der Waals surface area contributed by atoms with E-state index in [0.717, 1.165) is 0 Å². The van der Waals surface area contributed by atoms with Gasteiger partial charge in [0.2, 0.25) is 5.91 Å². The summed E-state index contributed by atoms with van der Waals surface area (Å²) in [5, 5.41) is 11.6. The largest absolute Gasteiger partial charge is 0.481 e. The van der Waals surface area contributed by atoms with E-state index in [2.05, 4.69) is 5.32 Å². The highest BCUT2D eigenvalue weighted by molar-refractivity contribution is 5.92. The van der Waals surface area contributed by atoms with Crippen molar-refractivity contribution in [2.24, 2.45) is 5.92 Å². The van der Waals surface area contributed by atoms with E-state index in [0.29, 0.717) is 24.3 Å². The van der Waals surface area contributed by atoms with Gasteiger partial charge in [0.05, 0.1) is 6.42 Å². The van der Waals surface area contributed by atoms with E-state index in [1.54, 1.807) is 31.4 Å². The average Bonchev–Trinajstić information content (AvgIpc) is 2.31. The van der Waals surface area contributed by atoms with Gasteiger partial charge in [-0.15, -0.1) is 0 Å². The van der Waals surface area contributed by atoms with Gasteiger partial charge in [-0.3, -0.25) is 9.59 Å². The zero-order valence-corrected chi connectivity index (χ0v) is 11.2. The molecule has 1 aromatic rings. The number of para-hydroxylation sites is 1. The lowest BCUT2D eigenvalue weighted by molar-refractivity contribution is -0.136. The predicted octanol–water partition coefficient (Wildman–Crippen LogP) is 1.92. The summed E-state index contributed by atoms with van der Waals surface area (Å²) in [6.07, 6.45) is 0.235. The number of hydrogen-bond donors (Lipinski definition) is 2. The third kappa shape index (κ3) is 5.52. The lowest BCUT2D eigenvalue weighted by atomic mass is 10.1. The number of carboxylic acids is 1. The van der Waals surface area contributed by atoms with Crippen LogP contribution in [-0.2, 0) is 20.7 Å². The van der Waals surface area contributed by atoms with E-state index in [1.165, 1.54) is 0 Å². The molecule has 0 spiro atoms. The Labute approximate surface area is 112 Å². The molecule has 1 amide bonds. The fraction of sp³-hybridized carbons (Fsp3) is 0.429. The standard InChI is InChI=1S/C14H19NO4/c1-10(9-19-2)7-13(16)15-12-6-4-3-5-11(12)8-14(17)18/h3-6,10H,7-9H2,1-2H3,(H,15,16)(H,17,18). The van der Waals surface area contributed by atoms with Crippen LogP contribution in [0.3, 0.4) is 0 Å². The summed E-state index contributed by atoms with van der Waals surface area (Å²) in [4.78, 5) is 22.6. The van der Waals surface area contributed by atoms with Crippen molar-refractivity contribution < 1.29 is 19.4 Å². The van der Waals surface area contributed by atoms with Crippen LogP contribution in [-0.4, -0.2) is 30.7 Å². The van der Waals surface area contributed by atoms with E-state index in [1.807, 2.05) is 6.92 Å². The minimum absolute atomic E-state index is 0.107. The first kappa shape index (κ1) is 15.2. The van der Waals surface area contributed by atoms with Crippen molar-refractivity contribution >= 4 is 17.6 Å². The zero-order chi connectivity index (χ0) is 14.3. The van der Waals surface area contributed by atoms with Gasteiger partial charge in [-0.1, -0.05) is 25.1 Å². The van der Waals surface area contributed by atoms with Gasteiger partial charge in [0.25, 0.3) is 0 Å². The summed E-state index contributed by atoms with van der Waals surface area (Å²) in [7, 11) is 1.59. The van der Waals surface area contributed by atoms with Crippen molar-refractivity contribution in [2.45, 2.75) is 19.8 Å². The highest BCUT2D eigenvalue weighted by Gasteiger charge is 2.12. The van der Waals surface area contributed by atoms with Gasteiger partial charge in [0, 0.05) is 25.8 Å². The average molecular weight is 265 g/mol. The number of carbonyl (C=O) groups excluding carboxylic acids is 1. The maximum Gasteiger partial charge on any atom is 0.307 e. The molecule has 0 saturated heterocycles. The third-order valence-corrected chi connectivity index (χ3v) is 2.62. The highest BCUT2D eigenvalue weighted by Crippen LogP contribution is 2.16. The second-order valence-electron chi connectivity index (χ2n) is 4.54. The molecule has 2 N–H and O–H groups in total. The number of hydrogen-bond acceptors (Lipinski definition) is 3. The summed E-state index contributed by atoms with van der Waals surface area (Å²) in [5.74, 6) is -0.937. The lowest BCUT2D eigenvalue weighted by Crippen LogP contribution is -2.18. The van der Waals surface area contributed by atoms with Crippen molar-refractivity contribution in [3.8, 4) is 0 Å². The quantitative estimate of drug-likeness (QED) is 0.789. The number of anilines is 1. The highest BCUT2D eigenvalue weighted by atomic mass is 16.5. The first-order valence-corrected chi connectivity index (χ1v) is 6.11. The van der Waals surface area contributed by atoms with Gasteiger partial charge in [0.1, 0.15) is 0 Å². The van der Waals surface area contributed by atoms with Crippen LogP contribution < -0.4 is 5.32 Å². The van der Waals surface area contributed by atoms with Crippen LogP contribution in [0, 0.1) is 5.92 Å². The summed E-state index contributed by atoms with van der Waals surface area (Å²) < 4.78 is 4.97. The van der Waals surface area contributed by atoms with E-state index in [9.17, 15) is 9.59 Å². The molecule has 0 aliphatic carbocycles. The molecular formula is C14H19NO4. The summed E-state index contributed by atoms with van der Waals surface area (Å²) in [6.45, 7) is 2.44. The molecule has 0 fully saturated rings. The zero-order valence-electron chi connectivity index (χ0n) is 11.2. The van der Waals surface area contributed by atoms with Crippen LogP contribution in [0.5, 0.6) is 0 Å². The molecule has 1 atom stereocenters. The molecule has 1 rings (SSSR count). The molecule has 0 heterocycles. The van der Waals surface area contributed by atoms with Crippen molar-refractivity contribution in [1.82, 2.24) is 0 Å². The molecule has 5 heteroatoms. The maximum absolute atomic E-state index is 11.8. The molecule has 19 heavy (non-hydrogen) atoms. The number of aliphatic carboxylic acids is 1. The van der Waals surface area contributed by atoms with E-state index >= 15 is 0 Å². The Morgan fingerprint density at radius 1 is 1.37 bits per heavy atom.